The minimum atomic E-state index is -0.861. The molecule has 0 amide bonds. The fourth-order valence-corrected chi connectivity index (χ4v) is 2.99. The number of methoxy groups -OCH3 is 1. The van der Waals surface area contributed by atoms with Crippen LogP contribution in [0.4, 0.5) is 0 Å². The topological polar surface area (TPSA) is 42.4 Å². The van der Waals surface area contributed by atoms with Gasteiger partial charge in [0.15, 0.2) is 0 Å². The summed E-state index contributed by atoms with van der Waals surface area (Å²) >= 11 is 1.59. The fraction of sp³-hybridized carbons (Fsp3) is 0.438. The summed E-state index contributed by atoms with van der Waals surface area (Å²) < 4.78 is 5.16. The molecule has 4 heteroatoms. The predicted octanol–water partition coefficient (Wildman–Crippen LogP) is 3.39. The summed E-state index contributed by atoms with van der Waals surface area (Å²) in [6, 6.07) is 10.1. The van der Waals surface area contributed by atoms with E-state index in [2.05, 4.69) is 4.98 Å². The van der Waals surface area contributed by atoms with Gasteiger partial charge in [-0.1, -0.05) is 44.2 Å². The van der Waals surface area contributed by atoms with Crippen molar-refractivity contribution in [3.8, 4) is 11.3 Å². The summed E-state index contributed by atoms with van der Waals surface area (Å²) in [5.41, 5.74) is 1.21. The molecule has 0 fully saturated rings. The Hall–Kier alpha value is -1.23. The van der Waals surface area contributed by atoms with Gasteiger partial charge < -0.3 is 9.84 Å². The highest BCUT2D eigenvalue weighted by Gasteiger charge is 2.32. The van der Waals surface area contributed by atoms with Crippen molar-refractivity contribution in [1.82, 2.24) is 4.98 Å². The van der Waals surface area contributed by atoms with Crippen LogP contribution >= 0.6 is 11.3 Å². The number of thiazole rings is 1. The summed E-state index contributed by atoms with van der Waals surface area (Å²) in [5, 5.41) is 13.6. The number of aromatic nitrogens is 1. The first-order chi connectivity index (χ1) is 9.55. The molecule has 0 saturated heterocycles. The Bertz CT molecular complexity index is 538. The number of nitrogens with zero attached hydrogens (tertiary/aromatic N) is 1. The molecule has 20 heavy (non-hydrogen) atoms. The molecular formula is C16H21NO2S. The third-order valence-corrected chi connectivity index (χ3v) is 4.40. The van der Waals surface area contributed by atoms with Crippen LogP contribution in [0.2, 0.25) is 0 Å². The highest BCUT2D eigenvalue weighted by molar-refractivity contribution is 7.09. The Kier molecular flexibility index (Phi) is 4.91. The van der Waals surface area contributed by atoms with Crippen molar-refractivity contribution >= 4 is 11.3 Å². The van der Waals surface area contributed by atoms with Crippen LogP contribution in [0, 0.1) is 5.92 Å². The van der Waals surface area contributed by atoms with Crippen LogP contribution in [-0.2, 0) is 11.2 Å². The van der Waals surface area contributed by atoms with Crippen LogP contribution in [0.25, 0.3) is 11.3 Å². The normalized spacial score (nSPS) is 14.4. The molecular weight excluding hydrogens is 270 g/mol. The van der Waals surface area contributed by atoms with Gasteiger partial charge in [0.2, 0.25) is 0 Å². The molecule has 108 valence electrons. The van der Waals surface area contributed by atoms with E-state index in [9.17, 15) is 5.11 Å². The number of aliphatic hydroxyl groups is 1. The van der Waals surface area contributed by atoms with Gasteiger partial charge in [-0.25, -0.2) is 4.98 Å². The van der Waals surface area contributed by atoms with E-state index in [0.29, 0.717) is 13.0 Å². The number of benzene rings is 1. The zero-order chi connectivity index (χ0) is 14.6. The highest BCUT2D eigenvalue weighted by Crippen LogP contribution is 2.27. The average Bonchev–Trinajstić information content (AvgIpc) is 2.88. The van der Waals surface area contributed by atoms with Gasteiger partial charge in [-0.15, -0.1) is 11.3 Å². The first kappa shape index (κ1) is 15.2. The van der Waals surface area contributed by atoms with Crippen LogP contribution in [0.5, 0.6) is 0 Å². The molecule has 0 bridgehead atoms. The number of rotatable bonds is 6. The first-order valence-electron chi connectivity index (χ1n) is 6.76. The van der Waals surface area contributed by atoms with E-state index in [1.165, 1.54) is 0 Å². The number of hydrogen-bond donors (Lipinski definition) is 1. The molecule has 2 rings (SSSR count). The maximum atomic E-state index is 10.7. The maximum absolute atomic E-state index is 10.7. The smallest absolute Gasteiger partial charge is 0.0965 e. The predicted molar refractivity (Wildman–Crippen MR) is 82.9 cm³/mol. The zero-order valence-corrected chi connectivity index (χ0v) is 13.0. The lowest BCUT2D eigenvalue weighted by atomic mass is 9.88. The van der Waals surface area contributed by atoms with Gasteiger partial charge in [0.25, 0.3) is 0 Å². The van der Waals surface area contributed by atoms with Crippen LogP contribution in [0.1, 0.15) is 18.9 Å². The van der Waals surface area contributed by atoms with Gasteiger partial charge in [-0.3, -0.25) is 0 Å². The summed E-state index contributed by atoms with van der Waals surface area (Å²) in [5.74, 6) is 0.117. The Morgan fingerprint density at radius 2 is 2.00 bits per heavy atom. The van der Waals surface area contributed by atoms with Gasteiger partial charge >= 0.3 is 0 Å². The van der Waals surface area contributed by atoms with Gasteiger partial charge in [-0.2, -0.15) is 0 Å². The van der Waals surface area contributed by atoms with E-state index in [-0.39, 0.29) is 5.92 Å². The molecule has 0 radical (unpaired) electrons. The number of ether oxygens (including phenoxy) is 1. The highest BCUT2D eigenvalue weighted by atomic mass is 32.1. The van der Waals surface area contributed by atoms with E-state index in [1.807, 2.05) is 49.6 Å². The third-order valence-electron chi connectivity index (χ3n) is 3.55. The Balaban J connectivity index is 2.17. The second kappa shape index (κ2) is 6.48. The second-order valence-corrected chi connectivity index (χ2v) is 6.30. The molecule has 1 aromatic heterocycles. The lowest BCUT2D eigenvalue weighted by molar-refractivity contribution is -0.0637. The van der Waals surface area contributed by atoms with Gasteiger partial charge in [0.05, 0.1) is 22.9 Å². The Labute approximate surface area is 124 Å². The fourth-order valence-electron chi connectivity index (χ4n) is 2.07. The average molecular weight is 291 g/mol. The van der Waals surface area contributed by atoms with Gasteiger partial charge in [0, 0.05) is 24.5 Å². The van der Waals surface area contributed by atoms with Crippen LogP contribution in [0.3, 0.4) is 0 Å². The van der Waals surface area contributed by atoms with Crippen LogP contribution < -0.4 is 0 Å². The number of hydrogen-bond acceptors (Lipinski definition) is 4. The Morgan fingerprint density at radius 3 is 2.60 bits per heavy atom. The minimum Gasteiger partial charge on any atom is -0.387 e. The molecule has 1 heterocycles. The second-order valence-electron chi connectivity index (χ2n) is 5.36. The maximum Gasteiger partial charge on any atom is 0.0965 e. The van der Waals surface area contributed by atoms with Crippen molar-refractivity contribution in [3.63, 3.8) is 0 Å². The molecule has 0 aliphatic heterocycles. The molecule has 1 unspecified atom stereocenters. The summed E-state index contributed by atoms with van der Waals surface area (Å²) in [4.78, 5) is 4.63. The molecule has 1 N–H and O–H groups in total. The monoisotopic (exact) mass is 291 g/mol. The molecule has 0 aliphatic rings. The van der Waals surface area contributed by atoms with Crippen LogP contribution in [-0.4, -0.2) is 29.4 Å². The summed E-state index contributed by atoms with van der Waals surface area (Å²) in [6.45, 7) is 4.33. The van der Waals surface area contributed by atoms with Crippen molar-refractivity contribution < 1.29 is 9.84 Å². The largest absolute Gasteiger partial charge is 0.387 e. The summed E-state index contributed by atoms with van der Waals surface area (Å²) in [6.07, 6.45) is 0.524. The van der Waals surface area contributed by atoms with E-state index >= 15 is 0 Å². The van der Waals surface area contributed by atoms with E-state index in [1.54, 1.807) is 18.4 Å². The minimum absolute atomic E-state index is 0.117. The lowest BCUT2D eigenvalue weighted by Crippen LogP contribution is -2.42. The van der Waals surface area contributed by atoms with Crippen molar-refractivity contribution in [2.75, 3.05) is 13.7 Å². The third kappa shape index (κ3) is 3.45. The molecule has 1 aromatic carbocycles. The van der Waals surface area contributed by atoms with Gasteiger partial charge in [0.1, 0.15) is 0 Å². The van der Waals surface area contributed by atoms with Crippen LogP contribution in [0.15, 0.2) is 35.7 Å². The van der Waals surface area contributed by atoms with Crippen molar-refractivity contribution in [1.29, 1.82) is 0 Å². The molecule has 3 nitrogen and oxygen atoms in total. The SMILES string of the molecule is COCC(O)(Cc1nc(-c2ccccc2)cs1)C(C)C. The van der Waals surface area contributed by atoms with Crippen molar-refractivity contribution in [2.45, 2.75) is 25.9 Å². The van der Waals surface area contributed by atoms with Gasteiger partial charge in [-0.05, 0) is 5.92 Å². The summed E-state index contributed by atoms with van der Waals surface area (Å²) in [7, 11) is 1.62. The van der Waals surface area contributed by atoms with E-state index in [4.69, 9.17) is 4.74 Å². The zero-order valence-electron chi connectivity index (χ0n) is 12.2. The Morgan fingerprint density at radius 1 is 1.30 bits per heavy atom. The van der Waals surface area contributed by atoms with E-state index in [0.717, 1.165) is 16.3 Å². The quantitative estimate of drug-likeness (QED) is 0.887. The van der Waals surface area contributed by atoms with Crippen molar-refractivity contribution in [2.24, 2.45) is 5.92 Å². The molecule has 1 atom stereocenters. The molecule has 0 saturated carbocycles. The van der Waals surface area contributed by atoms with Crippen molar-refractivity contribution in [3.05, 3.63) is 40.7 Å². The standard InChI is InChI=1S/C16H21NO2S/c1-12(2)16(18,11-19-3)9-15-17-14(10-20-15)13-7-5-4-6-8-13/h4-8,10,12,18H,9,11H2,1-3H3. The first-order valence-corrected chi connectivity index (χ1v) is 7.64. The lowest BCUT2D eigenvalue weighted by Gasteiger charge is -2.30. The van der Waals surface area contributed by atoms with E-state index < -0.39 is 5.60 Å². The molecule has 0 aliphatic carbocycles. The molecule has 2 aromatic rings. The molecule has 0 spiro atoms.